The van der Waals surface area contributed by atoms with Crippen LogP contribution >= 0.6 is 0 Å². The van der Waals surface area contributed by atoms with Gasteiger partial charge in [-0.2, -0.15) is 4.31 Å². The quantitative estimate of drug-likeness (QED) is 0.311. The summed E-state index contributed by atoms with van der Waals surface area (Å²) in [6, 6.07) is 23.2. The zero-order chi connectivity index (χ0) is 23.7. The Labute approximate surface area is 197 Å². The summed E-state index contributed by atoms with van der Waals surface area (Å²) >= 11 is 0. The van der Waals surface area contributed by atoms with Crippen molar-refractivity contribution in [1.29, 1.82) is 0 Å². The van der Waals surface area contributed by atoms with E-state index in [1.165, 1.54) is 28.6 Å². The first-order chi connectivity index (χ1) is 16.4. The fourth-order valence-corrected chi connectivity index (χ4v) is 5.67. The van der Waals surface area contributed by atoms with Crippen molar-refractivity contribution in [1.82, 2.24) is 13.9 Å². The molecule has 0 amide bonds. The number of hydrogen-bond acceptors (Lipinski definition) is 6. The van der Waals surface area contributed by atoms with Gasteiger partial charge >= 0.3 is 0 Å². The van der Waals surface area contributed by atoms with Gasteiger partial charge in [-0.15, -0.1) is 0 Å². The highest BCUT2D eigenvalue weighted by molar-refractivity contribution is 7.89. The molecule has 10 heteroatoms. The van der Waals surface area contributed by atoms with Gasteiger partial charge in [0.05, 0.1) is 27.4 Å². The largest absolute Gasteiger partial charge is 0.340 e. The van der Waals surface area contributed by atoms with Gasteiger partial charge in [0.1, 0.15) is 0 Å². The Morgan fingerprint density at radius 3 is 2.18 bits per heavy atom. The van der Waals surface area contributed by atoms with Crippen molar-refractivity contribution < 1.29 is 13.3 Å². The molecule has 1 saturated heterocycles. The van der Waals surface area contributed by atoms with Gasteiger partial charge in [0, 0.05) is 38.3 Å². The van der Waals surface area contributed by atoms with Crippen molar-refractivity contribution in [3.05, 3.63) is 94.5 Å². The topological polar surface area (TPSA) is 102 Å². The third-order valence-electron chi connectivity index (χ3n) is 6.02. The fourth-order valence-electron chi connectivity index (χ4n) is 4.24. The number of piperazine rings is 1. The maximum absolute atomic E-state index is 13.1. The van der Waals surface area contributed by atoms with Crippen LogP contribution in [0.2, 0.25) is 0 Å². The first-order valence-electron chi connectivity index (χ1n) is 10.9. The van der Waals surface area contributed by atoms with Crippen LogP contribution in [0, 0.1) is 10.1 Å². The predicted octanol–water partition coefficient (Wildman–Crippen LogP) is 3.50. The fraction of sp³-hybridized carbons (Fsp3) is 0.208. The molecule has 0 saturated carbocycles. The lowest BCUT2D eigenvalue weighted by Gasteiger charge is -2.34. The number of nitro groups is 1. The normalized spacial score (nSPS) is 15.0. The van der Waals surface area contributed by atoms with Crippen molar-refractivity contribution in [2.24, 2.45) is 0 Å². The molecule has 1 aromatic heterocycles. The molecule has 3 aromatic carbocycles. The molecule has 0 bridgehead atoms. The minimum Gasteiger partial charge on any atom is -0.340 e. The third kappa shape index (κ3) is 4.13. The molecule has 1 aliphatic rings. The minimum absolute atomic E-state index is 0.0582. The lowest BCUT2D eigenvalue weighted by Crippen LogP contribution is -2.49. The lowest BCUT2D eigenvalue weighted by molar-refractivity contribution is -0.384. The number of nitrogens with zero attached hydrogens (tertiary/aromatic N) is 5. The zero-order valence-electron chi connectivity index (χ0n) is 18.3. The Bertz CT molecular complexity index is 1430. The van der Waals surface area contributed by atoms with E-state index in [-0.39, 0.29) is 10.6 Å². The SMILES string of the molecule is O=[N+]([O-])c1ccc(S(=O)(=O)N2CCN(c3nc4ccccc4n3Cc3ccccc3)CC2)cc1. The van der Waals surface area contributed by atoms with E-state index >= 15 is 0 Å². The van der Waals surface area contributed by atoms with Gasteiger partial charge in [0.2, 0.25) is 16.0 Å². The number of sulfonamides is 1. The number of nitro benzene ring substituents is 1. The molecule has 0 radical (unpaired) electrons. The van der Waals surface area contributed by atoms with Crippen molar-refractivity contribution in [2.75, 3.05) is 31.1 Å². The van der Waals surface area contributed by atoms with Gasteiger partial charge in [-0.05, 0) is 29.8 Å². The average Bonchev–Trinajstić information content (AvgIpc) is 3.23. The molecular formula is C24H23N5O4S. The summed E-state index contributed by atoms with van der Waals surface area (Å²) in [4.78, 5) is 17.4. The molecule has 34 heavy (non-hydrogen) atoms. The number of non-ortho nitro benzene ring substituents is 1. The number of fused-ring (bicyclic) bond motifs is 1. The van der Waals surface area contributed by atoms with Crippen LogP contribution in [0.25, 0.3) is 11.0 Å². The Kier molecular flexibility index (Phi) is 5.76. The van der Waals surface area contributed by atoms with Gasteiger partial charge in [0.25, 0.3) is 5.69 Å². The molecule has 2 heterocycles. The van der Waals surface area contributed by atoms with Gasteiger partial charge in [-0.25, -0.2) is 13.4 Å². The maximum Gasteiger partial charge on any atom is 0.269 e. The second-order valence-corrected chi connectivity index (χ2v) is 10.1. The summed E-state index contributed by atoms with van der Waals surface area (Å²) in [5.74, 6) is 0.817. The Hall–Kier alpha value is -3.76. The van der Waals surface area contributed by atoms with E-state index in [4.69, 9.17) is 4.98 Å². The summed E-state index contributed by atoms with van der Waals surface area (Å²) in [6.45, 7) is 2.24. The first kappa shape index (κ1) is 22.1. The average molecular weight is 478 g/mol. The molecule has 1 fully saturated rings. The second-order valence-electron chi connectivity index (χ2n) is 8.11. The number of anilines is 1. The van der Waals surface area contributed by atoms with Crippen molar-refractivity contribution in [2.45, 2.75) is 11.4 Å². The van der Waals surface area contributed by atoms with Crippen molar-refractivity contribution in [3.8, 4) is 0 Å². The Morgan fingerprint density at radius 1 is 0.853 bits per heavy atom. The Morgan fingerprint density at radius 2 is 1.50 bits per heavy atom. The van der Waals surface area contributed by atoms with Gasteiger partial charge in [-0.3, -0.25) is 10.1 Å². The molecule has 5 rings (SSSR count). The van der Waals surface area contributed by atoms with Crippen molar-refractivity contribution in [3.63, 3.8) is 0 Å². The van der Waals surface area contributed by atoms with E-state index in [0.717, 1.165) is 22.5 Å². The highest BCUT2D eigenvalue weighted by atomic mass is 32.2. The zero-order valence-corrected chi connectivity index (χ0v) is 19.1. The van der Waals surface area contributed by atoms with E-state index in [0.29, 0.717) is 32.7 Å². The minimum atomic E-state index is -3.74. The van der Waals surface area contributed by atoms with E-state index in [9.17, 15) is 18.5 Å². The molecule has 1 aliphatic heterocycles. The summed E-state index contributed by atoms with van der Waals surface area (Å²) in [6.07, 6.45) is 0. The monoisotopic (exact) mass is 477 g/mol. The number of hydrogen-bond donors (Lipinski definition) is 0. The van der Waals surface area contributed by atoms with Crippen LogP contribution in [0.3, 0.4) is 0 Å². The smallest absolute Gasteiger partial charge is 0.269 e. The summed E-state index contributed by atoms with van der Waals surface area (Å²) in [5, 5.41) is 10.9. The van der Waals surface area contributed by atoms with Crippen LogP contribution in [-0.2, 0) is 16.6 Å². The maximum atomic E-state index is 13.1. The number of benzene rings is 3. The second kappa shape index (κ2) is 8.88. The van der Waals surface area contributed by atoms with Crippen molar-refractivity contribution >= 4 is 32.7 Å². The molecule has 0 unspecified atom stereocenters. The summed E-state index contributed by atoms with van der Waals surface area (Å²) < 4.78 is 29.8. The molecule has 0 N–H and O–H groups in total. The first-order valence-corrected chi connectivity index (χ1v) is 12.4. The van der Waals surface area contributed by atoms with E-state index in [1.54, 1.807) is 0 Å². The van der Waals surface area contributed by atoms with E-state index in [1.807, 2.05) is 42.5 Å². The summed E-state index contributed by atoms with van der Waals surface area (Å²) in [5.41, 5.74) is 2.95. The standard InChI is InChI=1S/C24H23N5O4S/c30-29(31)20-10-12-21(13-11-20)34(32,33)27-16-14-26(15-17-27)24-25-22-8-4-5-9-23(22)28(24)18-19-6-2-1-3-7-19/h1-13H,14-18H2. The number of imidazole rings is 1. The van der Waals surface area contributed by atoms with Gasteiger partial charge in [0.15, 0.2) is 0 Å². The highest BCUT2D eigenvalue weighted by Crippen LogP contribution is 2.27. The highest BCUT2D eigenvalue weighted by Gasteiger charge is 2.30. The molecule has 9 nitrogen and oxygen atoms in total. The molecule has 4 aromatic rings. The molecule has 0 atom stereocenters. The van der Waals surface area contributed by atoms with Crippen LogP contribution in [0.4, 0.5) is 11.6 Å². The van der Waals surface area contributed by atoms with E-state index < -0.39 is 14.9 Å². The predicted molar refractivity (Wildman–Crippen MR) is 129 cm³/mol. The summed E-state index contributed by atoms with van der Waals surface area (Å²) in [7, 11) is -3.74. The van der Waals surface area contributed by atoms with Gasteiger partial charge < -0.3 is 9.47 Å². The number of aromatic nitrogens is 2. The van der Waals surface area contributed by atoms with Crippen LogP contribution < -0.4 is 4.90 Å². The molecule has 0 spiro atoms. The molecule has 0 aliphatic carbocycles. The van der Waals surface area contributed by atoms with Crippen LogP contribution in [0.1, 0.15) is 5.56 Å². The molecular weight excluding hydrogens is 454 g/mol. The van der Waals surface area contributed by atoms with Crippen LogP contribution in [0.15, 0.2) is 83.8 Å². The van der Waals surface area contributed by atoms with Crippen LogP contribution in [-0.4, -0.2) is 53.4 Å². The Balaban J connectivity index is 1.38. The molecule has 174 valence electrons. The van der Waals surface area contributed by atoms with Crippen LogP contribution in [0.5, 0.6) is 0 Å². The number of para-hydroxylation sites is 2. The van der Waals surface area contributed by atoms with E-state index in [2.05, 4.69) is 21.6 Å². The number of rotatable bonds is 6. The third-order valence-corrected chi connectivity index (χ3v) is 7.94. The lowest BCUT2D eigenvalue weighted by atomic mass is 10.2. The van der Waals surface area contributed by atoms with Gasteiger partial charge in [-0.1, -0.05) is 42.5 Å².